The van der Waals surface area contributed by atoms with Gasteiger partial charge in [0.2, 0.25) is 0 Å². The number of hydrogen-bond donors (Lipinski definition) is 0. The van der Waals surface area contributed by atoms with Crippen LogP contribution >= 0.6 is 0 Å². The largest absolute Gasteiger partial charge is 0.458 e. The van der Waals surface area contributed by atoms with Crippen molar-refractivity contribution in [2.75, 3.05) is 0 Å². The van der Waals surface area contributed by atoms with E-state index in [4.69, 9.17) is 4.74 Å². The molecule has 1 rings (SSSR count). The molecule has 0 saturated carbocycles. The van der Waals surface area contributed by atoms with E-state index < -0.39 is 5.97 Å². The summed E-state index contributed by atoms with van der Waals surface area (Å²) in [6.07, 6.45) is -0.135. The van der Waals surface area contributed by atoms with Gasteiger partial charge >= 0.3 is 5.97 Å². The molecule has 1 fully saturated rings. The van der Waals surface area contributed by atoms with Crippen LogP contribution in [0.1, 0.15) is 13.8 Å². The first-order valence-electron chi connectivity index (χ1n) is 3.04. The van der Waals surface area contributed by atoms with Gasteiger partial charge in [-0.15, -0.1) is 0 Å². The predicted octanol–water partition coefficient (Wildman–Crippen LogP) is -0.0468. The zero-order chi connectivity index (χ0) is 7.72. The van der Waals surface area contributed by atoms with Crippen LogP contribution in [-0.4, -0.2) is 21.1 Å². The molecule has 0 aliphatic carbocycles. The maximum atomic E-state index is 10.7. The van der Waals surface area contributed by atoms with Crippen LogP contribution in [0, 0.1) is 5.92 Å². The highest BCUT2D eigenvalue weighted by Crippen LogP contribution is 2.17. The number of carbonyl (C=O) groups is 1. The van der Waals surface area contributed by atoms with Crippen molar-refractivity contribution in [3.05, 3.63) is 0 Å². The maximum absolute atomic E-state index is 10.7. The van der Waals surface area contributed by atoms with Gasteiger partial charge in [-0.05, 0) is 6.92 Å². The van der Waals surface area contributed by atoms with Crippen molar-refractivity contribution in [3.63, 3.8) is 0 Å². The van der Waals surface area contributed by atoms with Crippen LogP contribution in [0.25, 0.3) is 0 Å². The fourth-order valence-corrected chi connectivity index (χ4v) is 1.30. The Morgan fingerprint density at radius 3 is 2.30 bits per heavy atom. The summed E-state index contributed by atoms with van der Waals surface area (Å²) in [4.78, 5) is 11.0. The molecule has 0 bridgehead atoms. The van der Waals surface area contributed by atoms with Crippen molar-refractivity contribution in [3.8, 4) is 0 Å². The third-order valence-electron chi connectivity index (χ3n) is 1.70. The smallest absolute Gasteiger partial charge is 0.348 e. The molecule has 1 aliphatic heterocycles. The molecular formula is C6H8O3S. The molecule has 4 heteroatoms. The van der Waals surface area contributed by atoms with E-state index in [1.165, 1.54) is 0 Å². The standard InChI is InChI=1S/C6H8O3S/c1-3-4(2)9-6(7)5(3)10-8/h3-4H,1-2H3/t3-,4+/m0/s1. The molecule has 0 spiro atoms. The summed E-state index contributed by atoms with van der Waals surface area (Å²) in [6.45, 7) is 3.60. The van der Waals surface area contributed by atoms with E-state index in [1.807, 2.05) is 6.92 Å². The van der Waals surface area contributed by atoms with Gasteiger partial charge in [-0.1, -0.05) is 6.92 Å². The van der Waals surface area contributed by atoms with Crippen molar-refractivity contribution in [2.24, 2.45) is 5.92 Å². The molecule has 1 saturated heterocycles. The Hall–Kier alpha value is -0.640. The molecule has 1 aliphatic rings. The average molecular weight is 160 g/mol. The summed E-state index contributed by atoms with van der Waals surface area (Å²) in [5.41, 5.74) is 0. The van der Waals surface area contributed by atoms with E-state index in [2.05, 4.69) is 0 Å². The van der Waals surface area contributed by atoms with Gasteiger partial charge < -0.3 is 4.74 Å². The first kappa shape index (κ1) is 7.47. The highest BCUT2D eigenvalue weighted by molar-refractivity contribution is 7.68. The summed E-state index contributed by atoms with van der Waals surface area (Å²) in [6, 6.07) is 0. The van der Waals surface area contributed by atoms with E-state index in [9.17, 15) is 9.00 Å². The monoisotopic (exact) mass is 160 g/mol. The van der Waals surface area contributed by atoms with E-state index in [0.29, 0.717) is 4.86 Å². The second kappa shape index (κ2) is 2.54. The fraction of sp³-hybridized carbons (Fsp3) is 0.667. The van der Waals surface area contributed by atoms with E-state index in [-0.39, 0.29) is 23.3 Å². The average Bonchev–Trinajstić information content (AvgIpc) is 2.09. The van der Waals surface area contributed by atoms with E-state index in [0.717, 1.165) is 0 Å². The van der Waals surface area contributed by atoms with Crippen molar-refractivity contribution >= 4 is 22.1 Å². The van der Waals surface area contributed by atoms with Gasteiger partial charge in [0.15, 0.2) is 0 Å². The number of ether oxygens (including phenoxy) is 1. The van der Waals surface area contributed by atoms with Gasteiger partial charge in [0, 0.05) is 5.92 Å². The minimum absolute atomic E-state index is 0.0324. The highest BCUT2D eigenvalue weighted by atomic mass is 32.1. The SMILES string of the molecule is C[C@@H]1C(=S=O)C(=O)O[C@@H]1C. The van der Waals surface area contributed by atoms with Crippen LogP contribution in [0.3, 0.4) is 0 Å². The predicted molar refractivity (Wildman–Crippen MR) is 37.9 cm³/mol. The molecule has 0 aromatic heterocycles. The zero-order valence-electron chi connectivity index (χ0n) is 5.79. The van der Waals surface area contributed by atoms with Crippen molar-refractivity contribution in [1.82, 2.24) is 0 Å². The first-order valence-corrected chi connectivity index (χ1v) is 3.78. The van der Waals surface area contributed by atoms with Crippen LogP contribution in [0.2, 0.25) is 0 Å². The minimum Gasteiger partial charge on any atom is -0.458 e. The summed E-state index contributed by atoms with van der Waals surface area (Å²) in [7, 11) is 0. The molecule has 0 aromatic rings. The minimum atomic E-state index is -0.444. The molecule has 3 nitrogen and oxygen atoms in total. The molecule has 10 heavy (non-hydrogen) atoms. The maximum Gasteiger partial charge on any atom is 0.348 e. The molecule has 0 aromatic carbocycles. The zero-order valence-corrected chi connectivity index (χ0v) is 6.60. The van der Waals surface area contributed by atoms with E-state index in [1.54, 1.807) is 6.92 Å². The van der Waals surface area contributed by atoms with Crippen molar-refractivity contribution in [1.29, 1.82) is 0 Å². The summed E-state index contributed by atoms with van der Waals surface area (Å²) < 4.78 is 15.1. The normalized spacial score (nSPS) is 32.2. The molecular weight excluding hydrogens is 152 g/mol. The third-order valence-corrected chi connectivity index (χ3v) is 2.42. The van der Waals surface area contributed by atoms with Crippen LogP contribution < -0.4 is 0 Å². The molecule has 0 N–H and O–H groups in total. The highest BCUT2D eigenvalue weighted by Gasteiger charge is 2.34. The van der Waals surface area contributed by atoms with E-state index >= 15 is 0 Å². The molecule has 2 atom stereocenters. The van der Waals surface area contributed by atoms with Crippen LogP contribution in [0.4, 0.5) is 0 Å². The van der Waals surface area contributed by atoms with Gasteiger partial charge in [0.05, 0.1) is 0 Å². The quantitative estimate of drug-likeness (QED) is 0.368. The van der Waals surface area contributed by atoms with Gasteiger partial charge in [0.25, 0.3) is 0 Å². The Kier molecular flexibility index (Phi) is 1.89. The Labute approximate surface area is 62.4 Å². The van der Waals surface area contributed by atoms with Gasteiger partial charge in [0.1, 0.15) is 22.2 Å². The first-order chi connectivity index (χ1) is 4.66. The number of hydrogen-bond acceptors (Lipinski definition) is 3. The number of carbonyl (C=O) groups excluding carboxylic acids is 1. The second-order valence-corrected chi connectivity index (χ2v) is 2.95. The number of cyclic esters (lactones) is 1. The molecule has 1 heterocycles. The number of esters is 1. The summed E-state index contributed by atoms with van der Waals surface area (Å²) in [5, 5.41) is 0. The molecule has 0 unspecified atom stereocenters. The molecule has 56 valence electrons. The van der Waals surface area contributed by atoms with Gasteiger partial charge in [-0.3, -0.25) is 0 Å². The topological polar surface area (TPSA) is 43.4 Å². The molecule has 0 amide bonds. The lowest BCUT2D eigenvalue weighted by molar-refractivity contribution is -0.136. The van der Waals surface area contributed by atoms with Gasteiger partial charge in [-0.25, -0.2) is 9.00 Å². The Morgan fingerprint density at radius 2 is 2.10 bits per heavy atom. The van der Waals surface area contributed by atoms with Crippen molar-refractivity contribution in [2.45, 2.75) is 20.0 Å². The van der Waals surface area contributed by atoms with Crippen molar-refractivity contribution < 1.29 is 13.7 Å². The summed E-state index contributed by atoms with van der Waals surface area (Å²) >= 11 is 0.244. The fourth-order valence-electron chi connectivity index (χ4n) is 0.838. The third kappa shape index (κ3) is 0.988. The van der Waals surface area contributed by atoms with Gasteiger partial charge in [-0.2, -0.15) is 0 Å². The van der Waals surface area contributed by atoms with Crippen LogP contribution in [-0.2, 0) is 20.8 Å². The lowest BCUT2D eigenvalue weighted by Crippen LogP contribution is -2.14. The Morgan fingerprint density at radius 1 is 1.50 bits per heavy atom. The van der Waals surface area contributed by atoms with Crippen LogP contribution in [0.15, 0.2) is 0 Å². The lowest BCUT2D eigenvalue weighted by atomic mass is 10.1. The number of rotatable bonds is 0. The lowest BCUT2D eigenvalue weighted by Gasteiger charge is -2.03. The van der Waals surface area contributed by atoms with Crippen LogP contribution in [0.5, 0.6) is 0 Å². The Balaban J connectivity index is 2.95. The summed E-state index contributed by atoms with van der Waals surface area (Å²) in [5.74, 6) is -0.477. The second-order valence-electron chi connectivity index (χ2n) is 2.35. The molecule has 0 radical (unpaired) electrons. The Bertz CT molecular complexity index is 217.